The van der Waals surface area contributed by atoms with Crippen LogP contribution in [0.4, 0.5) is 5.69 Å². The van der Waals surface area contributed by atoms with Crippen LogP contribution < -0.4 is 15.4 Å². The number of nitrogens with one attached hydrogen (secondary N) is 2. The van der Waals surface area contributed by atoms with Crippen LogP contribution in [0.1, 0.15) is 17.0 Å². The van der Waals surface area contributed by atoms with Crippen molar-refractivity contribution in [2.24, 2.45) is 13.0 Å². The van der Waals surface area contributed by atoms with E-state index in [0.29, 0.717) is 31.2 Å². The highest BCUT2D eigenvalue weighted by Crippen LogP contribution is 2.31. The monoisotopic (exact) mass is 358 g/mol. The minimum atomic E-state index is -0.146. The van der Waals surface area contributed by atoms with Crippen molar-refractivity contribution in [2.75, 3.05) is 38.7 Å². The van der Waals surface area contributed by atoms with Gasteiger partial charge in [0.1, 0.15) is 12.4 Å². The van der Waals surface area contributed by atoms with Gasteiger partial charge in [-0.2, -0.15) is 5.10 Å². The van der Waals surface area contributed by atoms with Crippen molar-refractivity contribution < 1.29 is 14.3 Å². The van der Waals surface area contributed by atoms with Crippen LogP contribution in [0.15, 0.2) is 30.6 Å². The molecule has 1 fully saturated rings. The number of aryl methyl sites for hydroxylation is 2. The first-order chi connectivity index (χ1) is 12.6. The zero-order valence-corrected chi connectivity index (χ0v) is 15.5. The molecule has 2 heterocycles. The van der Waals surface area contributed by atoms with Crippen LogP contribution >= 0.6 is 0 Å². The van der Waals surface area contributed by atoms with Gasteiger partial charge in [0.2, 0.25) is 5.91 Å². The van der Waals surface area contributed by atoms with E-state index in [1.165, 1.54) is 0 Å². The van der Waals surface area contributed by atoms with Crippen LogP contribution in [0.2, 0.25) is 0 Å². The second-order valence-electron chi connectivity index (χ2n) is 6.65. The number of ether oxygens (including phenoxy) is 2. The van der Waals surface area contributed by atoms with Gasteiger partial charge in [0.15, 0.2) is 0 Å². The van der Waals surface area contributed by atoms with Crippen molar-refractivity contribution in [1.82, 2.24) is 15.1 Å². The lowest BCUT2D eigenvalue weighted by Gasteiger charge is -2.19. The Kier molecular flexibility index (Phi) is 5.90. The van der Waals surface area contributed by atoms with Crippen molar-refractivity contribution in [1.29, 1.82) is 0 Å². The van der Waals surface area contributed by atoms with E-state index in [1.807, 2.05) is 44.6 Å². The molecule has 1 saturated heterocycles. The number of rotatable bonds is 7. The summed E-state index contributed by atoms with van der Waals surface area (Å²) in [5.41, 5.74) is 2.85. The SMILES string of the molecule is COCCOc1cc(C)ccc1NC(=O)[C@H]1CNC[C@@H]1c1cnn(C)c1. The molecule has 0 spiro atoms. The van der Waals surface area contributed by atoms with Gasteiger partial charge in [0, 0.05) is 39.4 Å². The normalized spacial score (nSPS) is 19.5. The Morgan fingerprint density at radius 3 is 2.96 bits per heavy atom. The van der Waals surface area contributed by atoms with Crippen LogP contribution in [-0.4, -0.2) is 49.1 Å². The number of aromatic nitrogens is 2. The van der Waals surface area contributed by atoms with Gasteiger partial charge in [-0.05, 0) is 30.2 Å². The summed E-state index contributed by atoms with van der Waals surface area (Å²) in [6.07, 6.45) is 3.81. The molecule has 1 aromatic carbocycles. The van der Waals surface area contributed by atoms with E-state index in [1.54, 1.807) is 11.8 Å². The number of methoxy groups -OCH3 is 1. The van der Waals surface area contributed by atoms with Gasteiger partial charge >= 0.3 is 0 Å². The fourth-order valence-electron chi connectivity index (χ4n) is 3.25. The summed E-state index contributed by atoms with van der Waals surface area (Å²) in [6.45, 7) is 4.35. The molecule has 26 heavy (non-hydrogen) atoms. The van der Waals surface area contributed by atoms with Crippen molar-refractivity contribution >= 4 is 11.6 Å². The number of carbonyl (C=O) groups excluding carboxylic acids is 1. The summed E-state index contributed by atoms with van der Waals surface area (Å²) in [4.78, 5) is 12.9. The van der Waals surface area contributed by atoms with Gasteiger partial charge in [0.05, 0.1) is 24.4 Å². The predicted molar refractivity (Wildman–Crippen MR) is 99.5 cm³/mol. The molecule has 1 aliphatic rings. The maximum Gasteiger partial charge on any atom is 0.229 e. The third kappa shape index (κ3) is 4.23. The average Bonchev–Trinajstić information content (AvgIpc) is 3.26. The Morgan fingerprint density at radius 2 is 2.23 bits per heavy atom. The van der Waals surface area contributed by atoms with Gasteiger partial charge in [-0.15, -0.1) is 0 Å². The number of anilines is 1. The van der Waals surface area contributed by atoms with Gasteiger partial charge < -0.3 is 20.1 Å². The lowest BCUT2D eigenvalue weighted by molar-refractivity contribution is -0.119. The zero-order valence-electron chi connectivity index (χ0n) is 15.5. The van der Waals surface area contributed by atoms with Crippen molar-refractivity contribution in [3.8, 4) is 5.75 Å². The summed E-state index contributed by atoms with van der Waals surface area (Å²) in [5, 5.41) is 10.6. The van der Waals surface area contributed by atoms with E-state index < -0.39 is 0 Å². The molecule has 3 rings (SSSR count). The largest absolute Gasteiger partial charge is 0.489 e. The fourth-order valence-corrected chi connectivity index (χ4v) is 3.25. The zero-order chi connectivity index (χ0) is 18.5. The Balaban J connectivity index is 1.72. The molecule has 7 nitrogen and oxygen atoms in total. The van der Waals surface area contributed by atoms with Crippen LogP contribution in [0.25, 0.3) is 0 Å². The fraction of sp³-hybridized carbons (Fsp3) is 0.474. The third-order valence-corrected chi connectivity index (χ3v) is 4.64. The number of hydrogen-bond donors (Lipinski definition) is 2. The molecule has 1 aliphatic heterocycles. The Hall–Kier alpha value is -2.38. The molecule has 1 aromatic heterocycles. The van der Waals surface area contributed by atoms with Crippen LogP contribution in [0.3, 0.4) is 0 Å². The molecule has 0 bridgehead atoms. The topological polar surface area (TPSA) is 77.4 Å². The first-order valence-electron chi connectivity index (χ1n) is 8.81. The second-order valence-corrected chi connectivity index (χ2v) is 6.65. The lowest BCUT2D eigenvalue weighted by atomic mass is 9.90. The molecule has 0 unspecified atom stereocenters. The number of benzene rings is 1. The van der Waals surface area contributed by atoms with Crippen molar-refractivity contribution in [2.45, 2.75) is 12.8 Å². The van der Waals surface area contributed by atoms with Gasteiger partial charge in [0.25, 0.3) is 0 Å². The van der Waals surface area contributed by atoms with E-state index in [2.05, 4.69) is 15.7 Å². The highest BCUT2D eigenvalue weighted by atomic mass is 16.5. The van der Waals surface area contributed by atoms with E-state index >= 15 is 0 Å². The highest BCUT2D eigenvalue weighted by Gasteiger charge is 2.35. The van der Waals surface area contributed by atoms with Gasteiger partial charge in [-0.3, -0.25) is 9.48 Å². The summed E-state index contributed by atoms with van der Waals surface area (Å²) in [7, 11) is 3.52. The second kappa shape index (κ2) is 8.33. The number of amides is 1. The van der Waals surface area contributed by atoms with Gasteiger partial charge in [-0.1, -0.05) is 6.07 Å². The Bertz CT molecular complexity index is 759. The Labute approximate surface area is 153 Å². The van der Waals surface area contributed by atoms with E-state index in [4.69, 9.17) is 9.47 Å². The Morgan fingerprint density at radius 1 is 1.38 bits per heavy atom. The number of carbonyl (C=O) groups is 1. The van der Waals surface area contributed by atoms with E-state index in [9.17, 15) is 4.79 Å². The molecule has 2 aromatic rings. The molecule has 2 N–H and O–H groups in total. The lowest BCUT2D eigenvalue weighted by Crippen LogP contribution is -2.28. The van der Waals surface area contributed by atoms with Crippen LogP contribution in [-0.2, 0) is 16.6 Å². The summed E-state index contributed by atoms with van der Waals surface area (Å²) in [6, 6.07) is 5.78. The number of hydrogen-bond acceptors (Lipinski definition) is 5. The minimum Gasteiger partial charge on any atom is -0.489 e. The van der Waals surface area contributed by atoms with Crippen LogP contribution in [0, 0.1) is 12.8 Å². The maximum absolute atomic E-state index is 12.9. The summed E-state index contributed by atoms with van der Waals surface area (Å²) < 4.78 is 12.6. The predicted octanol–water partition coefficient (Wildman–Crippen LogP) is 1.70. The number of nitrogens with zero attached hydrogens (tertiary/aromatic N) is 2. The molecular formula is C19H26N4O3. The summed E-state index contributed by atoms with van der Waals surface area (Å²) >= 11 is 0. The molecule has 0 aliphatic carbocycles. The average molecular weight is 358 g/mol. The first-order valence-corrected chi connectivity index (χ1v) is 8.81. The molecule has 1 amide bonds. The third-order valence-electron chi connectivity index (χ3n) is 4.64. The molecule has 0 radical (unpaired) electrons. The van der Waals surface area contributed by atoms with Gasteiger partial charge in [-0.25, -0.2) is 0 Å². The van der Waals surface area contributed by atoms with E-state index in [0.717, 1.165) is 17.7 Å². The minimum absolute atomic E-state index is 0.00991. The van der Waals surface area contributed by atoms with Crippen LogP contribution in [0.5, 0.6) is 5.75 Å². The maximum atomic E-state index is 12.9. The van der Waals surface area contributed by atoms with Crippen molar-refractivity contribution in [3.05, 3.63) is 41.7 Å². The highest BCUT2D eigenvalue weighted by molar-refractivity contribution is 5.95. The molecule has 2 atom stereocenters. The quantitative estimate of drug-likeness (QED) is 0.737. The first kappa shape index (κ1) is 18.4. The van der Waals surface area contributed by atoms with E-state index in [-0.39, 0.29) is 17.7 Å². The smallest absolute Gasteiger partial charge is 0.229 e. The molecule has 140 valence electrons. The standard InChI is InChI=1S/C19H26N4O3/c1-13-4-5-17(18(8-13)26-7-6-25-3)22-19(24)16-11-20-10-15(16)14-9-21-23(2)12-14/h4-5,8-9,12,15-16,20H,6-7,10-11H2,1-3H3,(H,22,24)/t15-,16+/m1/s1. The van der Waals surface area contributed by atoms with Crippen molar-refractivity contribution in [3.63, 3.8) is 0 Å². The molecular weight excluding hydrogens is 332 g/mol. The molecule has 0 saturated carbocycles. The summed E-state index contributed by atoms with van der Waals surface area (Å²) in [5.74, 6) is 0.628. The molecule has 7 heteroatoms.